The molecule has 3 aromatic rings. The van der Waals surface area contributed by atoms with Gasteiger partial charge in [0.1, 0.15) is 11.6 Å². The zero-order valence-corrected chi connectivity index (χ0v) is 16.1. The van der Waals surface area contributed by atoms with Crippen molar-refractivity contribution in [3.05, 3.63) is 59.2 Å². The van der Waals surface area contributed by atoms with Gasteiger partial charge in [0, 0.05) is 49.2 Å². The van der Waals surface area contributed by atoms with Gasteiger partial charge in [-0.05, 0) is 33.4 Å². The van der Waals surface area contributed by atoms with E-state index in [9.17, 15) is 0 Å². The lowest BCUT2D eigenvalue weighted by molar-refractivity contribution is 0.244. The summed E-state index contributed by atoms with van der Waals surface area (Å²) in [5.41, 5.74) is 4.56. The maximum absolute atomic E-state index is 5.31. The predicted molar refractivity (Wildman–Crippen MR) is 105 cm³/mol. The third-order valence-corrected chi connectivity index (χ3v) is 5.31. The molecule has 6 nitrogen and oxygen atoms in total. The summed E-state index contributed by atoms with van der Waals surface area (Å²) in [6.07, 6.45) is 3.14. The largest absolute Gasteiger partial charge is 0.361 e. The van der Waals surface area contributed by atoms with Crippen LogP contribution in [-0.4, -0.2) is 51.1 Å². The fourth-order valence-electron chi connectivity index (χ4n) is 3.71. The van der Waals surface area contributed by atoms with Gasteiger partial charge in [0.25, 0.3) is 0 Å². The van der Waals surface area contributed by atoms with E-state index in [1.54, 1.807) is 0 Å². The summed E-state index contributed by atoms with van der Waals surface area (Å²) < 4.78 is 5.31. The number of hydrogen-bond acceptors (Lipinski definition) is 5. The molecule has 0 amide bonds. The van der Waals surface area contributed by atoms with Crippen molar-refractivity contribution < 1.29 is 4.52 Å². The minimum Gasteiger partial charge on any atom is -0.361 e. The number of benzene rings is 1. The fraction of sp³-hybridized carbons (Fsp3) is 0.429. The zero-order chi connectivity index (χ0) is 18.6. The van der Waals surface area contributed by atoms with Crippen LogP contribution in [0, 0.1) is 13.8 Å². The Balaban J connectivity index is 1.34. The Morgan fingerprint density at radius 3 is 2.44 bits per heavy atom. The fourth-order valence-corrected chi connectivity index (χ4v) is 3.71. The van der Waals surface area contributed by atoms with Crippen molar-refractivity contribution in [2.75, 3.05) is 26.2 Å². The van der Waals surface area contributed by atoms with E-state index in [1.165, 1.54) is 17.7 Å². The van der Waals surface area contributed by atoms with Crippen LogP contribution in [0.25, 0.3) is 11.4 Å². The molecule has 1 saturated heterocycles. The number of rotatable bonds is 5. The number of aryl methyl sites for hydroxylation is 2. The molecule has 1 aliphatic heterocycles. The van der Waals surface area contributed by atoms with Crippen LogP contribution >= 0.6 is 0 Å². The second-order valence-corrected chi connectivity index (χ2v) is 7.33. The van der Waals surface area contributed by atoms with Crippen molar-refractivity contribution in [3.63, 3.8) is 0 Å². The van der Waals surface area contributed by atoms with E-state index < -0.39 is 0 Å². The number of H-pyrrole nitrogens is 1. The van der Waals surface area contributed by atoms with Crippen molar-refractivity contribution in [2.45, 2.75) is 33.4 Å². The number of aromatic nitrogens is 3. The molecule has 0 atom stereocenters. The van der Waals surface area contributed by atoms with E-state index in [1.807, 2.05) is 38.2 Å². The average Bonchev–Trinajstić information content (AvgIpc) is 3.19. The van der Waals surface area contributed by atoms with Crippen molar-refractivity contribution >= 4 is 0 Å². The normalized spacial score (nSPS) is 16.5. The lowest BCUT2D eigenvalue weighted by Gasteiger charge is -2.21. The molecule has 1 N–H and O–H groups in total. The molecule has 1 fully saturated rings. The quantitative estimate of drug-likeness (QED) is 0.751. The molecule has 6 heteroatoms. The van der Waals surface area contributed by atoms with Crippen molar-refractivity contribution in [1.82, 2.24) is 24.9 Å². The number of hydrogen-bond donors (Lipinski definition) is 1. The van der Waals surface area contributed by atoms with Gasteiger partial charge in [-0.1, -0.05) is 35.5 Å². The molecule has 27 heavy (non-hydrogen) atoms. The summed E-state index contributed by atoms with van der Waals surface area (Å²) in [6, 6.07) is 10.3. The van der Waals surface area contributed by atoms with Crippen LogP contribution in [0.5, 0.6) is 0 Å². The minimum atomic E-state index is 0.916. The number of nitrogens with one attached hydrogen (secondary N) is 1. The molecule has 3 heterocycles. The van der Waals surface area contributed by atoms with Crippen LogP contribution in [0.1, 0.15) is 29.1 Å². The molecule has 1 aliphatic rings. The van der Waals surface area contributed by atoms with Crippen molar-refractivity contribution in [2.24, 2.45) is 0 Å². The highest BCUT2D eigenvalue weighted by Crippen LogP contribution is 2.18. The second-order valence-electron chi connectivity index (χ2n) is 7.33. The summed E-state index contributed by atoms with van der Waals surface area (Å²) in [5, 5.41) is 4.08. The van der Waals surface area contributed by atoms with Gasteiger partial charge in [-0.15, -0.1) is 0 Å². The Labute approximate surface area is 160 Å². The standard InChI is InChI=1S/C21H27N5O/c1-16-20(17(2)27-24-16)15-26-10-6-9-25(11-12-26)14-19-13-22-21(23-19)18-7-4-3-5-8-18/h3-5,7-8,13H,6,9-12,14-15H2,1-2H3,(H,22,23). The SMILES string of the molecule is Cc1noc(C)c1CN1CCCN(Cc2cnc(-c3ccccc3)[nH]2)CC1. The maximum Gasteiger partial charge on any atom is 0.138 e. The van der Waals surface area contributed by atoms with Crippen LogP contribution in [0.15, 0.2) is 41.1 Å². The Kier molecular flexibility index (Phi) is 5.36. The number of aromatic amines is 1. The van der Waals surface area contributed by atoms with E-state index >= 15 is 0 Å². The molecule has 1 aromatic carbocycles. The molecule has 0 aliphatic carbocycles. The van der Waals surface area contributed by atoms with E-state index in [4.69, 9.17) is 4.52 Å². The summed E-state index contributed by atoms with van der Waals surface area (Å²) in [7, 11) is 0. The first-order valence-corrected chi connectivity index (χ1v) is 9.65. The molecular weight excluding hydrogens is 338 g/mol. The molecule has 0 bridgehead atoms. The molecule has 0 saturated carbocycles. The number of imidazole rings is 1. The van der Waals surface area contributed by atoms with Crippen molar-refractivity contribution in [3.8, 4) is 11.4 Å². The van der Waals surface area contributed by atoms with Crippen LogP contribution in [0.3, 0.4) is 0 Å². The Hall–Kier alpha value is -2.44. The molecule has 0 unspecified atom stereocenters. The van der Waals surface area contributed by atoms with Gasteiger partial charge >= 0.3 is 0 Å². The molecule has 2 aromatic heterocycles. The van der Waals surface area contributed by atoms with Gasteiger partial charge in [0.15, 0.2) is 0 Å². The van der Waals surface area contributed by atoms with Gasteiger partial charge < -0.3 is 9.51 Å². The topological polar surface area (TPSA) is 61.2 Å². The summed E-state index contributed by atoms with van der Waals surface area (Å²) in [5.74, 6) is 1.89. The summed E-state index contributed by atoms with van der Waals surface area (Å²) >= 11 is 0. The average molecular weight is 365 g/mol. The predicted octanol–water partition coefficient (Wildman–Crippen LogP) is 3.39. The first kappa shape index (κ1) is 17.9. The molecular formula is C21H27N5O. The highest BCUT2D eigenvalue weighted by atomic mass is 16.5. The van der Waals surface area contributed by atoms with Crippen LogP contribution in [0.4, 0.5) is 0 Å². The number of nitrogens with zero attached hydrogens (tertiary/aromatic N) is 4. The van der Waals surface area contributed by atoms with Gasteiger partial charge in [0.2, 0.25) is 0 Å². The smallest absolute Gasteiger partial charge is 0.138 e. The molecule has 0 radical (unpaired) electrons. The minimum absolute atomic E-state index is 0.916. The first-order valence-electron chi connectivity index (χ1n) is 9.65. The Morgan fingerprint density at radius 2 is 1.74 bits per heavy atom. The Bertz CT molecular complexity index is 850. The highest BCUT2D eigenvalue weighted by Gasteiger charge is 2.19. The third kappa shape index (κ3) is 4.28. The molecule has 142 valence electrons. The lowest BCUT2D eigenvalue weighted by atomic mass is 10.2. The van der Waals surface area contributed by atoms with Gasteiger partial charge in [-0.2, -0.15) is 0 Å². The van der Waals surface area contributed by atoms with Gasteiger partial charge in [-0.25, -0.2) is 4.98 Å². The van der Waals surface area contributed by atoms with Crippen LogP contribution < -0.4 is 0 Å². The summed E-state index contributed by atoms with van der Waals surface area (Å²) in [4.78, 5) is 13.0. The van der Waals surface area contributed by atoms with Crippen molar-refractivity contribution in [1.29, 1.82) is 0 Å². The van der Waals surface area contributed by atoms with Gasteiger partial charge in [-0.3, -0.25) is 9.80 Å². The van der Waals surface area contributed by atoms with E-state index in [0.29, 0.717) is 0 Å². The highest BCUT2D eigenvalue weighted by molar-refractivity contribution is 5.54. The Morgan fingerprint density at radius 1 is 1.00 bits per heavy atom. The van der Waals surface area contributed by atoms with E-state index in [2.05, 4.69) is 37.1 Å². The maximum atomic E-state index is 5.31. The summed E-state index contributed by atoms with van der Waals surface area (Å²) in [6.45, 7) is 10.2. The van der Waals surface area contributed by atoms with Gasteiger partial charge in [0.05, 0.1) is 5.69 Å². The first-order chi connectivity index (χ1) is 13.2. The monoisotopic (exact) mass is 365 g/mol. The van der Waals surface area contributed by atoms with Crippen LogP contribution in [0.2, 0.25) is 0 Å². The van der Waals surface area contributed by atoms with Crippen LogP contribution in [-0.2, 0) is 13.1 Å². The lowest BCUT2D eigenvalue weighted by Crippen LogP contribution is -2.30. The second kappa shape index (κ2) is 8.06. The molecule has 0 spiro atoms. The zero-order valence-electron chi connectivity index (χ0n) is 16.1. The third-order valence-electron chi connectivity index (χ3n) is 5.31. The van der Waals surface area contributed by atoms with E-state index in [0.717, 1.165) is 62.1 Å². The van der Waals surface area contributed by atoms with E-state index in [-0.39, 0.29) is 0 Å². The molecule has 4 rings (SSSR count).